The van der Waals surface area contributed by atoms with Crippen LogP contribution >= 0.6 is 33.9 Å². The van der Waals surface area contributed by atoms with E-state index in [9.17, 15) is 4.79 Å². The number of hydrogen-bond donors (Lipinski definition) is 1. The van der Waals surface area contributed by atoms with Gasteiger partial charge in [-0.15, -0.1) is 11.3 Å². The molecule has 0 saturated heterocycles. The Hall–Kier alpha value is -0.100. The Kier molecular flexibility index (Phi) is 4.79. The van der Waals surface area contributed by atoms with Crippen LogP contribution in [0.2, 0.25) is 0 Å². The predicted octanol–water partition coefficient (Wildman–Crippen LogP) is 3.76. The smallest absolute Gasteiger partial charge is 0.252 e. The first-order valence-corrected chi connectivity index (χ1v) is 7.31. The molecular formula is C12H18INOS. The van der Waals surface area contributed by atoms with E-state index in [0.717, 1.165) is 15.0 Å². The van der Waals surface area contributed by atoms with Gasteiger partial charge in [-0.1, -0.05) is 27.7 Å². The zero-order chi connectivity index (χ0) is 12.3. The molecule has 4 heteroatoms. The van der Waals surface area contributed by atoms with Crippen LogP contribution in [-0.4, -0.2) is 12.5 Å². The van der Waals surface area contributed by atoms with Crippen molar-refractivity contribution in [1.29, 1.82) is 0 Å². The van der Waals surface area contributed by atoms with Crippen LogP contribution in [0.15, 0.2) is 11.4 Å². The molecule has 0 radical (unpaired) electrons. The van der Waals surface area contributed by atoms with E-state index in [0.29, 0.717) is 5.92 Å². The molecule has 1 aromatic rings. The largest absolute Gasteiger partial charge is 0.351 e. The number of nitrogens with one attached hydrogen (secondary N) is 1. The van der Waals surface area contributed by atoms with Crippen molar-refractivity contribution in [1.82, 2.24) is 5.32 Å². The molecule has 2 nitrogen and oxygen atoms in total. The minimum atomic E-state index is 0.0351. The van der Waals surface area contributed by atoms with Gasteiger partial charge in [0.05, 0.1) is 8.45 Å². The van der Waals surface area contributed by atoms with Gasteiger partial charge in [-0.3, -0.25) is 4.79 Å². The second-order valence-corrected chi connectivity index (χ2v) is 7.77. The highest BCUT2D eigenvalue weighted by atomic mass is 127. The molecule has 1 N–H and O–H groups in total. The number of hydrogen-bond acceptors (Lipinski definition) is 2. The van der Waals surface area contributed by atoms with E-state index in [4.69, 9.17) is 0 Å². The van der Waals surface area contributed by atoms with E-state index in [1.54, 1.807) is 11.3 Å². The topological polar surface area (TPSA) is 29.1 Å². The average molecular weight is 351 g/mol. The summed E-state index contributed by atoms with van der Waals surface area (Å²) < 4.78 is 1.14. The Bertz CT molecular complexity index is 371. The lowest BCUT2D eigenvalue weighted by molar-refractivity contribution is 0.0925. The molecule has 0 bridgehead atoms. The fraction of sp³-hybridized carbons (Fsp3) is 0.583. The van der Waals surface area contributed by atoms with Crippen molar-refractivity contribution in [3.8, 4) is 0 Å². The second kappa shape index (κ2) is 5.49. The zero-order valence-corrected chi connectivity index (χ0v) is 13.1. The third-order valence-electron chi connectivity index (χ3n) is 3.10. The van der Waals surface area contributed by atoms with Crippen molar-refractivity contribution >= 4 is 39.8 Å². The van der Waals surface area contributed by atoms with Gasteiger partial charge in [-0.25, -0.2) is 0 Å². The highest BCUT2D eigenvalue weighted by molar-refractivity contribution is 14.1. The molecule has 0 aliphatic rings. The number of amides is 1. The van der Waals surface area contributed by atoms with Crippen LogP contribution in [0.5, 0.6) is 0 Å². The van der Waals surface area contributed by atoms with Crippen molar-refractivity contribution in [3.05, 3.63) is 19.9 Å². The Morgan fingerprint density at radius 2 is 2.19 bits per heavy atom. The normalized spacial score (nSPS) is 11.9. The van der Waals surface area contributed by atoms with Crippen molar-refractivity contribution in [2.24, 2.45) is 11.3 Å². The van der Waals surface area contributed by atoms with Gasteiger partial charge in [0.15, 0.2) is 0 Å². The predicted molar refractivity (Wildman–Crippen MR) is 78.0 cm³/mol. The van der Waals surface area contributed by atoms with E-state index in [1.165, 1.54) is 0 Å². The van der Waals surface area contributed by atoms with Gasteiger partial charge >= 0.3 is 0 Å². The molecule has 0 saturated carbocycles. The summed E-state index contributed by atoms with van der Waals surface area (Å²) in [7, 11) is 0. The van der Waals surface area contributed by atoms with Crippen molar-refractivity contribution in [2.75, 3.05) is 6.54 Å². The molecule has 1 aromatic heterocycles. The van der Waals surface area contributed by atoms with E-state index in [2.05, 4.69) is 55.6 Å². The van der Waals surface area contributed by atoms with Crippen LogP contribution in [0.1, 0.15) is 38.1 Å². The molecule has 90 valence electrons. The van der Waals surface area contributed by atoms with Crippen LogP contribution in [-0.2, 0) is 0 Å². The monoisotopic (exact) mass is 351 g/mol. The molecule has 0 atom stereocenters. The minimum absolute atomic E-state index is 0.0351. The first-order valence-electron chi connectivity index (χ1n) is 5.35. The molecule has 0 aliphatic heterocycles. The van der Waals surface area contributed by atoms with Gasteiger partial charge in [0, 0.05) is 11.9 Å². The van der Waals surface area contributed by atoms with Crippen LogP contribution in [0, 0.1) is 14.2 Å². The number of rotatable bonds is 4. The van der Waals surface area contributed by atoms with E-state index < -0.39 is 0 Å². The maximum atomic E-state index is 11.8. The van der Waals surface area contributed by atoms with E-state index in [-0.39, 0.29) is 11.3 Å². The summed E-state index contributed by atoms with van der Waals surface area (Å²) in [5.74, 6) is 0.586. The lowest BCUT2D eigenvalue weighted by atomic mass is 9.81. The first kappa shape index (κ1) is 14.0. The summed E-state index contributed by atoms with van der Waals surface area (Å²) in [6.45, 7) is 9.43. The van der Waals surface area contributed by atoms with Gasteiger partial charge in [-0.2, -0.15) is 0 Å². The third kappa shape index (κ3) is 3.73. The summed E-state index contributed by atoms with van der Waals surface area (Å²) in [5, 5.41) is 4.90. The van der Waals surface area contributed by atoms with Crippen LogP contribution < -0.4 is 5.32 Å². The zero-order valence-electron chi connectivity index (χ0n) is 10.1. The Balaban J connectivity index is 2.54. The summed E-state index contributed by atoms with van der Waals surface area (Å²) in [6.07, 6.45) is 0. The van der Waals surface area contributed by atoms with Crippen LogP contribution in [0.4, 0.5) is 0 Å². The molecule has 1 amide bonds. The SMILES string of the molecule is CC(C)C(C)(C)CNC(=O)c1csc(I)c1. The number of carbonyl (C=O) groups is 1. The highest BCUT2D eigenvalue weighted by Crippen LogP contribution is 2.25. The quantitative estimate of drug-likeness (QED) is 0.823. The molecule has 1 rings (SSSR count). The standard InChI is InChI=1S/C12H18INOS/c1-8(2)12(3,4)7-14-11(15)9-5-10(13)16-6-9/h5-6,8H,7H2,1-4H3,(H,14,15). The molecule has 16 heavy (non-hydrogen) atoms. The molecule has 0 aromatic carbocycles. The molecule has 1 heterocycles. The Morgan fingerprint density at radius 1 is 1.56 bits per heavy atom. The lowest BCUT2D eigenvalue weighted by Crippen LogP contribution is -2.36. The molecule has 0 fully saturated rings. The Labute approximate surface area is 115 Å². The molecular weight excluding hydrogens is 333 g/mol. The third-order valence-corrected chi connectivity index (χ3v) is 4.89. The van der Waals surface area contributed by atoms with Crippen molar-refractivity contribution < 1.29 is 4.79 Å². The van der Waals surface area contributed by atoms with E-state index >= 15 is 0 Å². The van der Waals surface area contributed by atoms with Crippen molar-refractivity contribution in [2.45, 2.75) is 27.7 Å². The second-order valence-electron chi connectivity index (χ2n) is 4.97. The van der Waals surface area contributed by atoms with Crippen molar-refractivity contribution in [3.63, 3.8) is 0 Å². The number of thiophene rings is 1. The first-order chi connectivity index (χ1) is 7.33. The van der Waals surface area contributed by atoms with Gasteiger partial charge in [-0.05, 0) is 40.0 Å². The number of halogens is 1. The van der Waals surface area contributed by atoms with E-state index in [1.807, 2.05) is 11.4 Å². The van der Waals surface area contributed by atoms with Crippen LogP contribution in [0.3, 0.4) is 0 Å². The van der Waals surface area contributed by atoms with Crippen LogP contribution in [0.25, 0.3) is 0 Å². The fourth-order valence-electron chi connectivity index (χ4n) is 1.04. The Morgan fingerprint density at radius 3 is 2.62 bits per heavy atom. The van der Waals surface area contributed by atoms with Gasteiger partial charge in [0.25, 0.3) is 5.91 Å². The summed E-state index contributed by atoms with van der Waals surface area (Å²) in [4.78, 5) is 11.8. The van der Waals surface area contributed by atoms with Gasteiger partial charge in [0.2, 0.25) is 0 Å². The average Bonchev–Trinajstić information content (AvgIpc) is 2.61. The molecule has 0 aliphatic carbocycles. The minimum Gasteiger partial charge on any atom is -0.351 e. The maximum Gasteiger partial charge on any atom is 0.252 e. The summed E-state index contributed by atoms with van der Waals surface area (Å²) in [6, 6.07) is 1.92. The molecule has 0 unspecified atom stereocenters. The van der Waals surface area contributed by atoms with Gasteiger partial charge < -0.3 is 5.32 Å². The summed E-state index contributed by atoms with van der Waals surface area (Å²) in [5.41, 5.74) is 0.910. The fourth-order valence-corrected chi connectivity index (χ4v) is 2.37. The molecule has 0 spiro atoms. The number of carbonyl (C=O) groups excluding carboxylic acids is 1. The lowest BCUT2D eigenvalue weighted by Gasteiger charge is -2.29. The maximum absolute atomic E-state index is 11.8. The van der Waals surface area contributed by atoms with Gasteiger partial charge in [0.1, 0.15) is 0 Å². The highest BCUT2D eigenvalue weighted by Gasteiger charge is 2.23. The summed E-state index contributed by atoms with van der Waals surface area (Å²) >= 11 is 3.83.